The fraction of sp³-hybridized carbons (Fsp3) is 0.364. The van der Waals surface area contributed by atoms with Crippen molar-refractivity contribution in [2.75, 3.05) is 37.0 Å². The standard InChI is InChI=1S/C22H27N3O5S/c1-4-24(5-2)31(28,29)18-11-8-16(9-12-18)22(27)23-17-10-13-19(20(15-17)30-3)25-14-6-7-21(25)26/h8-13,15H,4-7,14H2,1-3H3,(H,23,27). The Kier molecular flexibility index (Phi) is 6.97. The lowest BCUT2D eigenvalue weighted by Gasteiger charge is -2.20. The van der Waals surface area contributed by atoms with Crippen molar-refractivity contribution in [3.05, 3.63) is 48.0 Å². The number of ether oxygens (including phenoxy) is 1. The molecule has 9 heteroatoms. The molecule has 2 aromatic rings. The maximum absolute atomic E-state index is 12.6. The van der Waals surface area contributed by atoms with E-state index in [2.05, 4.69) is 5.32 Å². The summed E-state index contributed by atoms with van der Waals surface area (Å²) >= 11 is 0. The van der Waals surface area contributed by atoms with Gasteiger partial charge in [-0.1, -0.05) is 13.8 Å². The number of benzene rings is 2. The lowest BCUT2D eigenvalue weighted by Crippen LogP contribution is -2.30. The lowest BCUT2D eigenvalue weighted by atomic mass is 10.2. The van der Waals surface area contributed by atoms with E-state index in [4.69, 9.17) is 4.74 Å². The van der Waals surface area contributed by atoms with Crippen molar-refractivity contribution in [3.8, 4) is 5.75 Å². The van der Waals surface area contributed by atoms with E-state index in [1.54, 1.807) is 36.9 Å². The number of nitrogens with zero attached hydrogens (tertiary/aromatic N) is 2. The number of carbonyl (C=O) groups is 2. The first-order valence-electron chi connectivity index (χ1n) is 10.2. The monoisotopic (exact) mass is 445 g/mol. The van der Waals surface area contributed by atoms with Gasteiger partial charge >= 0.3 is 0 Å². The van der Waals surface area contributed by atoms with Gasteiger partial charge in [0.1, 0.15) is 5.75 Å². The van der Waals surface area contributed by atoms with Gasteiger partial charge in [0.25, 0.3) is 5.91 Å². The van der Waals surface area contributed by atoms with Crippen LogP contribution in [0.4, 0.5) is 11.4 Å². The van der Waals surface area contributed by atoms with Gasteiger partial charge in [0.15, 0.2) is 0 Å². The zero-order valence-corrected chi connectivity index (χ0v) is 18.7. The smallest absolute Gasteiger partial charge is 0.255 e. The Morgan fingerprint density at radius 3 is 2.35 bits per heavy atom. The molecule has 0 aliphatic carbocycles. The third-order valence-electron chi connectivity index (χ3n) is 5.26. The number of carbonyl (C=O) groups excluding carboxylic acids is 2. The predicted molar refractivity (Wildman–Crippen MR) is 119 cm³/mol. The molecule has 0 saturated carbocycles. The van der Waals surface area contributed by atoms with Gasteiger partial charge in [-0.15, -0.1) is 0 Å². The van der Waals surface area contributed by atoms with Gasteiger partial charge in [0.05, 0.1) is 17.7 Å². The highest BCUT2D eigenvalue weighted by Gasteiger charge is 2.25. The van der Waals surface area contributed by atoms with Crippen LogP contribution in [0.1, 0.15) is 37.0 Å². The maximum atomic E-state index is 12.6. The third-order valence-corrected chi connectivity index (χ3v) is 7.33. The summed E-state index contributed by atoms with van der Waals surface area (Å²) in [5, 5.41) is 2.78. The van der Waals surface area contributed by atoms with Gasteiger partial charge < -0.3 is 15.0 Å². The molecule has 166 valence electrons. The van der Waals surface area contributed by atoms with Crippen LogP contribution in [0.5, 0.6) is 5.75 Å². The number of amides is 2. The minimum atomic E-state index is -3.58. The van der Waals surface area contributed by atoms with Crippen LogP contribution in [-0.2, 0) is 14.8 Å². The zero-order chi connectivity index (χ0) is 22.6. The summed E-state index contributed by atoms with van der Waals surface area (Å²) < 4.78 is 31.9. The second-order valence-electron chi connectivity index (χ2n) is 7.10. The Morgan fingerprint density at radius 1 is 1.13 bits per heavy atom. The van der Waals surface area contributed by atoms with Crippen LogP contribution in [0.15, 0.2) is 47.4 Å². The largest absolute Gasteiger partial charge is 0.494 e. The molecule has 0 atom stereocenters. The minimum absolute atomic E-state index is 0.0508. The highest BCUT2D eigenvalue weighted by molar-refractivity contribution is 7.89. The Morgan fingerprint density at radius 2 is 1.81 bits per heavy atom. The predicted octanol–water partition coefficient (Wildman–Crippen LogP) is 3.10. The quantitative estimate of drug-likeness (QED) is 0.674. The van der Waals surface area contributed by atoms with Gasteiger partial charge in [-0.2, -0.15) is 4.31 Å². The molecule has 1 heterocycles. The molecule has 0 spiro atoms. The van der Waals surface area contributed by atoms with E-state index in [9.17, 15) is 18.0 Å². The summed E-state index contributed by atoms with van der Waals surface area (Å²) in [5.74, 6) is 0.169. The van der Waals surface area contributed by atoms with Gasteiger partial charge in [-0.05, 0) is 42.8 Å². The number of hydrogen-bond acceptors (Lipinski definition) is 5. The number of methoxy groups -OCH3 is 1. The molecule has 31 heavy (non-hydrogen) atoms. The van der Waals surface area contributed by atoms with Crippen LogP contribution in [0.2, 0.25) is 0 Å². The van der Waals surface area contributed by atoms with Crippen molar-refractivity contribution >= 4 is 33.2 Å². The molecule has 1 fully saturated rings. The van der Waals surface area contributed by atoms with E-state index in [-0.39, 0.29) is 16.7 Å². The molecule has 2 amide bonds. The summed E-state index contributed by atoms with van der Waals surface area (Å²) in [6, 6.07) is 11.0. The van der Waals surface area contributed by atoms with Crippen LogP contribution in [0, 0.1) is 0 Å². The molecule has 8 nitrogen and oxygen atoms in total. The summed E-state index contributed by atoms with van der Waals surface area (Å²) in [5.41, 5.74) is 1.52. The first kappa shape index (κ1) is 22.8. The lowest BCUT2D eigenvalue weighted by molar-refractivity contribution is -0.117. The highest BCUT2D eigenvalue weighted by Crippen LogP contribution is 2.34. The first-order valence-corrected chi connectivity index (χ1v) is 11.7. The molecule has 0 bridgehead atoms. The molecule has 0 radical (unpaired) electrons. The minimum Gasteiger partial charge on any atom is -0.494 e. The van der Waals surface area contributed by atoms with Crippen LogP contribution in [0.3, 0.4) is 0 Å². The van der Waals surface area contributed by atoms with E-state index in [1.165, 1.54) is 35.7 Å². The molecule has 1 saturated heterocycles. The van der Waals surface area contributed by atoms with Crippen LogP contribution >= 0.6 is 0 Å². The number of rotatable bonds is 8. The Bertz CT molecular complexity index is 1060. The summed E-state index contributed by atoms with van der Waals surface area (Å²) in [6.45, 7) is 4.96. The average molecular weight is 446 g/mol. The highest BCUT2D eigenvalue weighted by atomic mass is 32.2. The molecule has 1 aliphatic rings. The molecule has 0 unspecified atom stereocenters. The second kappa shape index (κ2) is 9.49. The summed E-state index contributed by atoms with van der Waals surface area (Å²) in [7, 11) is -2.06. The van der Waals surface area contributed by atoms with Gasteiger partial charge in [0, 0.05) is 43.4 Å². The van der Waals surface area contributed by atoms with Crippen molar-refractivity contribution in [1.82, 2.24) is 4.31 Å². The number of hydrogen-bond donors (Lipinski definition) is 1. The first-order chi connectivity index (χ1) is 14.8. The molecule has 1 aliphatic heterocycles. The fourth-order valence-corrected chi connectivity index (χ4v) is 5.03. The SMILES string of the molecule is CCN(CC)S(=O)(=O)c1ccc(C(=O)Nc2ccc(N3CCCC3=O)c(OC)c2)cc1. The Hall–Kier alpha value is -2.91. The second-order valence-corrected chi connectivity index (χ2v) is 9.04. The molecular formula is C22H27N3O5S. The van der Waals surface area contributed by atoms with Crippen molar-refractivity contribution in [2.24, 2.45) is 0 Å². The number of anilines is 2. The third kappa shape index (κ3) is 4.72. The summed E-state index contributed by atoms with van der Waals surface area (Å²) in [4.78, 5) is 26.5. The van der Waals surface area contributed by atoms with Crippen LogP contribution in [0.25, 0.3) is 0 Å². The van der Waals surface area contributed by atoms with Crippen LogP contribution < -0.4 is 15.0 Å². The Labute approximate surface area is 182 Å². The molecule has 3 rings (SSSR count). The average Bonchev–Trinajstić information content (AvgIpc) is 3.20. The van der Waals surface area contributed by atoms with E-state index in [0.717, 1.165) is 6.42 Å². The van der Waals surface area contributed by atoms with E-state index in [1.807, 2.05) is 0 Å². The molecule has 1 N–H and O–H groups in total. The van der Waals surface area contributed by atoms with Crippen molar-refractivity contribution in [2.45, 2.75) is 31.6 Å². The zero-order valence-electron chi connectivity index (χ0n) is 17.9. The van der Waals surface area contributed by atoms with Gasteiger partial charge in [0.2, 0.25) is 15.9 Å². The van der Waals surface area contributed by atoms with E-state index >= 15 is 0 Å². The number of sulfonamides is 1. The molecule has 0 aromatic heterocycles. The van der Waals surface area contributed by atoms with E-state index in [0.29, 0.717) is 48.7 Å². The van der Waals surface area contributed by atoms with Gasteiger partial charge in [-0.25, -0.2) is 8.42 Å². The number of nitrogens with one attached hydrogen (secondary N) is 1. The van der Waals surface area contributed by atoms with Crippen LogP contribution in [-0.4, -0.2) is 51.3 Å². The normalized spacial score (nSPS) is 14.2. The Balaban J connectivity index is 1.76. The van der Waals surface area contributed by atoms with Crippen molar-refractivity contribution in [1.29, 1.82) is 0 Å². The fourth-order valence-electron chi connectivity index (χ4n) is 3.58. The molecular weight excluding hydrogens is 418 g/mol. The van der Waals surface area contributed by atoms with Gasteiger partial charge in [-0.3, -0.25) is 9.59 Å². The topological polar surface area (TPSA) is 96.0 Å². The van der Waals surface area contributed by atoms with E-state index < -0.39 is 10.0 Å². The van der Waals surface area contributed by atoms with Crippen molar-refractivity contribution < 1.29 is 22.7 Å². The van der Waals surface area contributed by atoms with Crippen molar-refractivity contribution in [3.63, 3.8) is 0 Å². The molecule has 2 aromatic carbocycles. The summed E-state index contributed by atoms with van der Waals surface area (Å²) in [6.07, 6.45) is 1.32. The maximum Gasteiger partial charge on any atom is 0.255 e.